The first kappa shape index (κ1) is 19.0. The minimum Gasteiger partial charge on any atom is -0.127 e. The number of hydrogen-bond donors (Lipinski definition) is 0. The van der Waals surface area contributed by atoms with Crippen LogP contribution in [0.3, 0.4) is 0 Å². The molecule has 0 fully saturated rings. The number of allylic oxidation sites excluding steroid dienone is 2. The molecule has 0 bridgehead atoms. The van der Waals surface area contributed by atoms with E-state index in [0.29, 0.717) is 0 Å². The highest BCUT2D eigenvalue weighted by molar-refractivity contribution is 6.17. The second kappa shape index (κ2) is 18.0. The Bertz CT molecular complexity index is 175. The van der Waals surface area contributed by atoms with Gasteiger partial charge in [0.15, 0.2) is 0 Å². The minimum absolute atomic E-state index is 0.822. The molecule has 19 heavy (non-hydrogen) atoms. The molecule has 0 aromatic carbocycles. The molecule has 0 aliphatic heterocycles. The molecule has 0 heterocycles. The molecule has 0 aliphatic carbocycles. The number of alkyl halides is 1. The van der Waals surface area contributed by atoms with Gasteiger partial charge in [-0.15, -0.1) is 11.6 Å². The SMILES string of the molecule is CCCCCCCCCCCC=CCCCCCCl. The van der Waals surface area contributed by atoms with Crippen LogP contribution in [-0.4, -0.2) is 5.88 Å². The third-order valence-electron chi connectivity index (χ3n) is 3.65. The highest BCUT2D eigenvalue weighted by Gasteiger charge is 1.91. The van der Waals surface area contributed by atoms with E-state index in [2.05, 4.69) is 19.1 Å². The fourth-order valence-corrected chi connectivity index (χ4v) is 2.53. The molecular weight excluding hydrogens is 252 g/mol. The number of hydrogen-bond acceptors (Lipinski definition) is 0. The Hall–Kier alpha value is 0.0300. The molecule has 0 saturated carbocycles. The summed E-state index contributed by atoms with van der Waals surface area (Å²) in [6, 6.07) is 0. The van der Waals surface area contributed by atoms with Crippen LogP contribution in [0.15, 0.2) is 12.2 Å². The van der Waals surface area contributed by atoms with Gasteiger partial charge in [0, 0.05) is 5.88 Å². The summed E-state index contributed by atoms with van der Waals surface area (Å²) in [6.07, 6.45) is 23.9. The van der Waals surface area contributed by atoms with E-state index < -0.39 is 0 Å². The van der Waals surface area contributed by atoms with E-state index in [1.165, 1.54) is 89.9 Å². The van der Waals surface area contributed by atoms with Crippen molar-refractivity contribution in [2.24, 2.45) is 0 Å². The van der Waals surface area contributed by atoms with E-state index in [1.54, 1.807) is 0 Å². The van der Waals surface area contributed by atoms with Gasteiger partial charge in [-0.25, -0.2) is 0 Å². The smallest absolute Gasteiger partial charge is 0.0223 e. The molecule has 0 unspecified atom stereocenters. The van der Waals surface area contributed by atoms with Gasteiger partial charge < -0.3 is 0 Å². The number of rotatable bonds is 15. The summed E-state index contributed by atoms with van der Waals surface area (Å²) in [4.78, 5) is 0. The molecule has 0 amide bonds. The molecule has 0 atom stereocenters. The van der Waals surface area contributed by atoms with Crippen molar-refractivity contribution < 1.29 is 0 Å². The van der Waals surface area contributed by atoms with Gasteiger partial charge in [-0.3, -0.25) is 0 Å². The Kier molecular flexibility index (Phi) is 18.1. The normalized spacial score (nSPS) is 11.5. The van der Waals surface area contributed by atoms with E-state index in [9.17, 15) is 0 Å². The van der Waals surface area contributed by atoms with Crippen LogP contribution in [-0.2, 0) is 0 Å². The molecule has 0 spiro atoms. The van der Waals surface area contributed by atoms with Crippen LogP contribution >= 0.6 is 11.6 Å². The molecule has 0 N–H and O–H groups in total. The lowest BCUT2D eigenvalue weighted by Crippen LogP contribution is -1.81. The van der Waals surface area contributed by atoms with E-state index in [4.69, 9.17) is 11.6 Å². The van der Waals surface area contributed by atoms with Crippen molar-refractivity contribution in [1.82, 2.24) is 0 Å². The Morgan fingerprint density at radius 2 is 1.00 bits per heavy atom. The largest absolute Gasteiger partial charge is 0.127 e. The van der Waals surface area contributed by atoms with Crippen LogP contribution in [0.2, 0.25) is 0 Å². The standard InChI is InChI=1S/C18H35Cl/c1-2-3-4-5-6-7-8-9-10-11-12-13-14-15-16-17-18-19/h12-13H,2-11,14-18H2,1H3. The number of halogens is 1. The Labute approximate surface area is 127 Å². The van der Waals surface area contributed by atoms with Crippen molar-refractivity contribution in [2.45, 2.75) is 96.8 Å². The topological polar surface area (TPSA) is 0 Å². The maximum atomic E-state index is 5.64. The van der Waals surface area contributed by atoms with Crippen LogP contribution in [0, 0.1) is 0 Å². The first-order chi connectivity index (χ1) is 9.41. The zero-order valence-corrected chi connectivity index (χ0v) is 13.9. The van der Waals surface area contributed by atoms with Gasteiger partial charge in [0.05, 0.1) is 0 Å². The van der Waals surface area contributed by atoms with Gasteiger partial charge in [0.25, 0.3) is 0 Å². The first-order valence-corrected chi connectivity index (χ1v) is 9.16. The van der Waals surface area contributed by atoms with Crippen molar-refractivity contribution in [3.63, 3.8) is 0 Å². The van der Waals surface area contributed by atoms with Crippen molar-refractivity contribution in [2.75, 3.05) is 5.88 Å². The van der Waals surface area contributed by atoms with Gasteiger partial charge in [0.1, 0.15) is 0 Å². The number of unbranched alkanes of at least 4 members (excludes halogenated alkanes) is 12. The van der Waals surface area contributed by atoms with Gasteiger partial charge in [-0.2, -0.15) is 0 Å². The third-order valence-corrected chi connectivity index (χ3v) is 3.91. The van der Waals surface area contributed by atoms with Crippen LogP contribution < -0.4 is 0 Å². The lowest BCUT2D eigenvalue weighted by Gasteiger charge is -2.00. The fourth-order valence-electron chi connectivity index (χ4n) is 2.34. The maximum absolute atomic E-state index is 5.64. The van der Waals surface area contributed by atoms with Crippen LogP contribution in [0.25, 0.3) is 0 Å². The predicted octanol–water partition coefficient (Wildman–Crippen LogP) is 7.26. The zero-order valence-electron chi connectivity index (χ0n) is 13.1. The summed E-state index contributed by atoms with van der Waals surface area (Å²) >= 11 is 5.64. The maximum Gasteiger partial charge on any atom is 0.0223 e. The second-order valence-electron chi connectivity index (χ2n) is 5.63. The minimum atomic E-state index is 0.822. The van der Waals surface area contributed by atoms with E-state index >= 15 is 0 Å². The van der Waals surface area contributed by atoms with Gasteiger partial charge in [-0.05, 0) is 32.1 Å². The summed E-state index contributed by atoms with van der Waals surface area (Å²) in [5, 5.41) is 0. The van der Waals surface area contributed by atoms with Crippen molar-refractivity contribution in [1.29, 1.82) is 0 Å². The molecule has 0 nitrogen and oxygen atoms in total. The monoisotopic (exact) mass is 286 g/mol. The zero-order chi connectivity index (χ0) is 14.0. The second-order valence-corrected chi connectivity index (χ2v) is 6.00. The molecule has 1 heteroatoms. The van der Waals surface area contributed by atoms with E-state index in [0.717, 1.165) is 5.88 Å². The van der Waals surface area contributed by atoms with Crippen LogP contribution in [0.4, 0.5) is 0 Å². The highest BCUT2D eigenvalue weighted by atomic mass is 35.5. The van der Waals surface area contributed by atoms with E-state index in [1.807, 2.05) is 0 Å². The van der Waals surface area contributed by atoms with Crippen molar-refractivity contribution in [3.8, 4) is 0 Å². The summed E-state index contributed by atoms with van der Waals surface area (Å²) in [7, 11) is 0. The molecule has 0 rings (SSSR count). The molecule has 114 valence electrons. The van der Waals surface area contributed by atoms with Crippen LogP contribution in [0.5, 0.6) is 0 Å². The van der Waals surface area contributed by atoms with Gasteiger partial charge in [-0.1, -0.05) is 76.9 Å². The van der Waals surface area contributed by atoms with Crippen molar-refractivity contribution >= 4 is 11.6 Å². The summed E-state index contributed by atoms with van der Waals surface area (Å²) in [5.41, 5.74) is 0. The summed E-state index contributed by atoms with van der Waals surface area (Å²) in [5.74, 6) is 0.822. The Morgan fingerprint density at radius 3 is 1.47 bits per heavy atom. The van der Waals surface area contributed by atoms with Gasteiger partial charge in [0.2, 0.25) is 0 Å². The van der Waals surface area contributed by atoms with Gasteiger partial charge >= 0.3 is 0 Å². The summed E-state index contributed by atoms with van der Waals surface area (Å²) < 4.78 is 0. The molecule has 0 aromatic rings. The lowest BCUT2D eigenvalue weighted by molar-refractivity contribution is 0.566. The quantitative estimate of drug-likeness (QED) is 0.169. The molecule has 0 aromatic heterocycles. The van der Waals surface area contributed by atoms with Crippen LogP contribution in [0.1, 0.15) is 96.8 Å². The average molecular weight is 287 g/mol. The average Bonchev–Trinajstić information content (AvgIpc) is 2.43. The first-order valence-electron chi connectivity index (χ1n) is 8.62. The van der Waals surface area contributed by atoms with Crippen molar-refractivity contribution in [3.05, 3.63) is 12.2 Å². The molecular formula is C18H35Cl. The lowest BCUT2D eigenvalue weighted by atomic mass is 10.1. The molecule has 0 saturated heterocycles. The Balaban J connectivity index is 2.99. The predicted molar refractivity (Wildman–Crippen MR) is 90.2 cm³/mol. The molecule has 0 radical (unpaired) electrons. The summed E-state index contributed by atoms with van der Waals surface area (Å²) in [6.45, 7) is 2.28. The molecule has 0 aliphatic rings. The fraction of sp³-hybridized carbons (Fsp3) is 0.889. The Morgan fingerprint density at radius 1 is 0.579 bits per heavy atom. The van der Waals surface area contributed by atoms with E-state index in [-0.39, 0.29) is 0 Å². The third kappa shape index (κ3) is 18.0. The highest BCUT2D eigenvalue weighted by Crippen LogP contribution is 2.11.